The van der Waals surface area contributed by atoms with Gasteiger partial charge in [-0.1, -0.05) is 6.92 Å². The molecular weight excluding hydrogens is 204 g/mol. The fourth-order valence-electron chi connectivity index (χ4n) is 2.30. The van der Waals surface area contributed by atoms with E-state index in [4.69, 9.17) is 4.74 Å². The summed E-state index contributed by atoms with van der Waals surface area (Å²) in [5.41, 5.74) is -0.573. The molecule has 4 heteroatoms. The highest BCUT2D eigenvalue weighted by molar-refractivity contribution is 5.85. The summed E-state index contributed by atoms with van der Waals surface area (Å²) in [5.74, 6) is 0.167. The second kappa shape index (κ2) is 6.21. The molecule has 4 nitrogen and oxygen atoms in total. The van der Waals surface area contributed by atoms with Crippen LogP contribution in [0, 0.1) is 0 Å². The fourth-order valence-corrected chi connectivity index (χ4v) is 2.30. The van der Waals surface area contributed by atoms with Gasteiger partial charge in [-0.2, -0.15) is 0 Å². The molecule has 0 aromatic heterocycles. The molecule has 0 aromatic rings. The smallest absolute Gasteiger partial charge is 0.254 e. The van der Waals surface area contributed by atoms with Crippen molar-refractivity contribution < 1.29 is 9.53 Å². The van der Waals surface area contributed by atoms with E-state index in [1.54, 1.807) is 7.11 Å². The Morgan fingerprint density at radius 1 is 1.38 bits per heavy atom. The summed E-state index contributed by atoms with van der Waals surface area (Å²) < 4.78 is 5.54. The van der Waals surface area contributed by atoms with E-state index in [0.29, 0.717) is 0 Å². The Labute approximate surface area is 98.3 Å². The summed E-state index contributed by atoms with van der Waals surface area (Å²) >= 11 is 0. The van der Waals surface area contributed by atoms with Crippen LogP contribution >= 0.6 is 0 Å². The Morgan fingerprint density at radius 2 is 2.00 bits per heavy atom. The first-order chi connectivity index (χ1) is 7.70. The minimum absolute atomic E-state index is 0.167. The largest absolute Gasteiger partial charge is 0.368 e. The summed E-state index contributed by atoms with van der Waals surface area (Å²) in [4.78, 5) is 14.4. The third-order valence-electron chi connectivity index (χ3n) is 3.35. The Hall–Kier alpha value is -0.610. The molecule has 1 aliphatic rings. The number of amides is 1. The van der Waals surface area contributed by atoms with E-state index in [0.717, 1.165) is 45.4 Å². The third kappa shape index (κ3) is 2.74. The third-order valence-corrected chi connectivity index (χ3v) is 3.35. The molecular formula is C12H24N2O2. The second-order valence-electron chi connectivity index (χ2n) is 4.33. The number of carbonyl (C=O) groups is 1. The molecule has 1 rings (SSSR count). The van der Waals surface area contributed by atoms with Crippen molar-refractivity contribution in [1.82, 2.24) is 10.2 Å². The van der Waals surface area contributed by atoms with Crippen molar-refractivity contribution in [1.29, 1.82) is 0 Å². The average Bonchev–Trinajstić information content (AvgIpc) is 2.36. The molecule has 0 atom stereocenters. The molecule has 1 heterocycles. The van der Waals surface area contributed by atoms with Crippen LogP contribution in [-0.4, -0.2) is 49.7 Å². The highest BCUT2D eigenvalue weighted by Gasteiger charge is 2.41. The minimum Gasteiger partial charge on any atom is -0.368 e. The van der Waals surface area contributed by atoms with Crippen LogP contribution in [0.5, 0.6) is 0 Å². The zero-order valence-corrected chi connectivity index (χ0v) is 10.7. The van der Waals surface area contributed by atoms with Gasteiger partial charge in [-0.3, -0.25) is 4.79 Å². The van der Waals surface area contributed by atoms with Crippen molar-refractivity contribution >= 4 is 5.91 Å². The minimum atomic E-state index is -0.573. The number of hydrogen-bond acceptors (Lipinski definition) is 3. The summed E-state index contributed by atoms with van der Waals surface area (Å²) in [6.07, 6.45) is 2.56. The molecule has 0 radical (unpaired) electrons. The molecule has 1 fully saturated rings. The fraction of sp³-hybridized carbons (Fsp3) is 0.917. The van der Waals surface area contributed by atoms with Crippen LogP contribution < -0.4 is 5.32 Å². The first-order valence-corrected chi connectivity index (χ1v) is 6.25. The van der Waals surface area contributed by atoms with Crippen LogP contribution in [0.2, 0.25) is 0 Å². The van der Waals surface area contributed by atoms with Gasteiger partial charge < -0.3 is 15.0 Å². The molecule has 0 spiro atoms. The normalized spacial score (nSPS) is 19.4. The topological polar surface area (TPSA) is 41.6 Å². The number of nitrogens with one attached hydrogen (secondary N) is 1. The van der Waals surface area contributed by atoms with Crippen LogP contribution in [0.1, 0.15) is 33.1 Å². The molecule has 0 aliphatic carbocycles. The van der Waals surface area contributed by atoms with Crippen molar-refractivity contribution in [2.24, 2.45) is 0 Å². The van der Waals surface area contributed by atoms with Gasteiger partial charge in [0.2, 0.25) is 0 Å². The van der Waals surface area contributed by atoms with E-state index in [2.05, 4.69) is 12.2 Å². The van der Waals surface area contributed by atoms with E-state index >= 15 is 0 Å². The van der Waals surface area contributed by atoms with Crippen LogP contribution in [0.15, 0.2) is 0 Å². The maximum atomic E-state index is 12.4. The molecule has 0 saturated carbocycles. The molecule has 1 amide bonds. The van der Waals surface area contributed by atoms with Gasteiger partial charge in [-0.05, 0) is 39.3 Å². The molecule has 0 unspecified atom stereocenters. The van der Waals surface area contributed by atoms with Gasteiger partial charge in [0.15, 0.2) is 0 Å². The van der Waals surface area contributed by atoms with Gasteiger partial charge in [-0.15, -0.1) is 0 Å². The Balaban J connectivity index is 2.73. The van der Waals surface area contributed by atoms with E-state index in [-0.39, 0.29) is 5.91 Å². The molecule has 94 valence electrons. The molecule has 16 heavy (non-hydrogen) atoms. The quantitative estimate of drug-likeness (QED) is 0.763. The number of carbonyl (C=O) groups excluding carboxylic acids is 1. The lowest BCUT2D eigenvalue weighted by Crippen LogP contribution is -2.55. The number of nitrogens with zero attached hydrogens (tertiary/aromatic N) is 1. The van der Waals surface area contributed by atoms with Crippen LogP contribution in [0.4, 0.5) is 0 Å². The molecule has 1 aliphatic heterocycles. The Morgan fingerprint density at radius 3 is 2.44 bits per heavy atom. The average molecular weight is 228 g/mol. The van der Waals surface area contributed by atoms with Crippen molar-refractivity contribution in [3.05, 3.63) is 0 Å². The number of ether oxygens (including phenoxy) is 1. The predicted molar refractivity (Wildman–Crippen MR) is 64.4 cm³/mol. The van der Waals surface area contributed by atoms with Gasteiger partial charge in [0.1, 0.15) is 5.60 Å². The summed E-state index contributed by atoms with van der Waals surface area (Å²) in [7, 11) is 1.66. The maximum Gasteiger partial charge on any atom is 0.254 e. The van der Waals surface area contributed by atoms with Crippen molar-refractivity contribution in [3.63, 3.8) is 0 Å². The number of methoxy groups -OCH3 is 1. The number of rotatable bonds is 5. The zero-order valence-electron chi connectivity index (χ0n) is 10.7. The van der Waals surface area contributed by atoms with E-state index in [1.807, 2.05) is 11.8 Å². The highest BCUT2D eigenvalue weighted by Crippen LogP contribution is 2.25. The molecule has 0 bridgehead atoms. The van der Waals surface area contributed by atoms with Crippen LogP contribution in [0.25, 0.3) is 0 Å². The summed E-state index contributed by atoms with van der Waals surface area (Å²) in [6, 6.07) is 0. The van der Waals surface area contributed by atoms with Gasteiger partial charge >= 0.3 is 0 Å². The lowest BCUT2D eigenvalue weighted by Gasteiger charge is -2.38. The number of likely N-dealkylation sites (N-methyl/N-ethyl adjacent to an activating group) is 1. The zero-order chi connectivity index (χ0) is 12.0. The SMILES string of the molecule is CCCN(CC)C(=O)C1(OC)CCNCC1. The monoisotopic (exact) mass is 228 g/mol. The van der Waals surface area contributed by atoms with Gasteiger partial charge in [0.05, 0.1) is 0 Å². The van der Waals surface area contributed by atoms with Crippen LogP contribution in [0.3, 0.4) is 0 Å². The standard InChI is InChI=1S/C12H24N2O2/c1-4-10-14(5-2)11(15)12(16-3)6-8-13-9-7-12/h13H,4-10H2,1-3H3. The predicted octanol–water partition coefficient (Wildman–Crippen LogP) is 1.01. The van der Waals surface area contributed by atoms with Crippen molar-refractivity contribution in [2.75, 3.05) is 33.3 Å². The summed E-state index contributed by atoms with van der Waals surface area (Å²) in [5, 5.41) is 3.27. The lowest BCUT2D eigenvalue weighted by atomic mass is 9.90. The molecule has 1 N–H and O–H groups in total. The first-order valence-electron chi connectivity index (χ1n) is 6.25. The lowest BCUT2D eigenvalue weighted by molar-refractivity contribution is -0.158. The van der Waals surface area contributed by atoms with Gasteiger partial charge in [0, 0.05) is 20.2 Å². The van der Waals surface area contributed by atoms with E-state index < -0.39 is 5.60 Å². The Kier molecular flexibility index (Phi) is 5.22. The van der Waals surface area contributed by atoms with Gasteiger partial charge in [0.25, 0.3) is 5.91 Å². The Bertz CT molecular complexity index is 225. The second-order valence-corrected chi connectivity index (χ2v) is 4.33. The van der Waals surface area contributed by atoms with E-state index in [1.165, 1.54) is 0 Å². The first kappa shape index (κ1) is 13.5. The maximum absolute atomic E-state index is 12.4. The van der Waals surface area contributed by atoms with E-state index in [9.17, 15) is 4.79 Å². The number of hydrogen-bond donors (Lipinski definition) is 1. The van der Waals surface area contributed by atoms with Crippen molar-refractivity contribution in [3.8, 4) is 0 Å². The number of piperidine rings is 1. The summed E-state index contributed by atoms with van der Waals surface area (Å²) in [6.45, 7) is 7.45. The highest BCUT2D eigenvalue weighted by atomic mass is 16.5. The van der Waals surface area contributed by atoms with Crippen molar-refractivity contribution in [2.45, 2.75) is 38.7 Å². The van der Waals surface area contributed by atoms with Crippen LogP contribution in [-0.2, 0) is 9.53 Å². The van der Waals surface area contributed by atoms with Gasteiger partial charge in [-0.25, -0.2) is 0 Å². The molecule has 0 aromatic carbocycles. The molecule has 1 saturated heterocycles.